The summed E-state index contributed by atoms with van der Waals surface area (Å²) in [4.78, 5) is 0. The van der Waals surface area contributed by atoms with Gasteiger partial charge in [-0.2, -0.15) is 0 Å². The van der Waals surface area contributed by atoms with Crippen LogP contribution in [0.3, 0.4) is 0 Å². The molecule has 16 heavy (non-hydrogen) atoms. The highest BCUT2D eigenvalue weighted by molar-refractivity contribution is 5.46. The summed E-state index contributed by atoms with van der Waals surface area (Å²) < 4.78 is 5.49. The highest BCUT2D eigenvalue weighted by Gasteiger charge is 2.21. The molecule has 0 spiro atoms. The zero-order valence-corrected chi connectivity index (χ0v) is 10.5. The number of hydrogen-bond acceptors (Lipinski definition) is 2. The molecular weight excluding hydrogens is 198 g/mol. The van der Waals surface area contributed by atoms with Crippen molar-refractivity contribution in [3.63, 3.8) is 0 Å². The van der Waals surface area contributed by atoms with Gasteiger partial charge in [0.2, 0.25) is 0 Å². The Bertz CT molecular complexity index is 367. The van der Waals surface area contributed by atoms with E-state index in [2.05, 4.69) is 31.3 Å². The van der Waals surface area contributed by atoms with Gasteiger partial charge in [0.1, 0.15) is 5.75 Å². The van der Waals surface area contributed by atoms with Crippen molar-refractivity contribution >= 4 is 0 Å². The number of benzene rings is 1. The quantitative estimate of drug-likeness (QED) is 0.825. The SMILES string of the molecule is COc1ccc(C)c(C)c1C1CCCCN1. The molecule has 2 rings (SSSR count). The van der Waals surface area contributed by atoms with Gasteiger partial charge in [0.25, 0.3) is 0 Å². The summed E-state index contributed by atoms with van der Waals surface area (Å²) in [5.74, 6) is 1.03. The normalized spacial score (nSPS) is 20.8. The van der Waals surface area contributed by atoms with Gasteiger partial charge in [0.05, 0.1) is 7.11 Å². The van der Waals surface area contributed by atoms with Crippen LogP contribution in [0.15, 0.2) is 12.1 Å². The maximum absolute atomic E-state index is 5.49. The molecule has 0 amide bonds. The molecule has 1 atom stereocenters. The van der Waals surface area contributed by atoms with E-state index in [0.29, 0.717) is 6.04 Å². The first-order valence-electron chi connectivity index (χ1n) is 6.11. The van der Waals surface area contributed by atoms with Crippen LogP contribution in [-0.4, -0.2) is 13.7 Å². The van der Waals surface area contributed by atoms with E-state index in [9.17, 15) is 0 Å². The molecule has 1 aliphatic rings. The smallest absolute Gasteiger partial charge is 0.123 e. The minimum absolute atomic E-state index is 0.476. The summed E-state index contributed by atoms with van der Waals surface area (Å²) in [6.45, 7) is 5.49. The minimum Gasteiger partial charge on any atom is -0.496 e. The van der Waals surface area contributed by atoms with Crippen molar-refractivity contribution in [1.29, 1.82) is 0 Å². The number of aryl methyl sites for hydroxylation is 1. The Morgan fingerprint density at radius 2 is 2.06 bits per heavy atom. The molecule has 1 aliphatic heterocycles. The first kappa shape index (κ1) is 11.5. The third-order valence-corrected chi connectivity index (χ3v) is 3.62. The van der Waals surface area contributed by atoms with Gasteiger partial charge in [-0.15, -0.1) is 0 Å². The van der Waals surface area contributed by atoms with Gasteiger partial charge in [-0.05, 0) is 50.4 Å². The average Bonchev–Trinajstić information content (AvgIpc) is 2.33. The Morgan fingerprint density at radius 3 is 2.69 bits per heavy atom. The van der Waals surface area contributed by atoms with E-state index in [-0.39, 0.29) is 0 Å². The van der Waals surface area contributed by atoms with Crippen LogP contribution in [0.1, 0.15) is 42.0 Å². The Balaban J connectivity index is 2.39. The predicted molar refractivity (Wildman–Crippen MR) is 67.1 cm³/mol. The first-order chi connectivity index (χ1) is 7.74. The monoisotopic (exact) mass is 219 g/mol. The number of rotatable bonds is 2. The molecule has 1 saturated heterocycles. The molecule has 1 aromatic carbocycles. The van der Waals surface area contributed by atoms with E-state index in [0.717, 1.165) is 12.3 Å². The van der Waals surface area contributed by atoms with Crippen LogP contribution in [0.4, 0.5) is 0 Å². The van der Waals surface area contributed by atoms with Gasteiger partial charge >= 0.3 is 0 Å². The molecule has 1 aromatic rings. The summed E-state index contributed by atoms with van der Waals surface area (Å²) >= 11 is 0. The van der Waals surface area contributed by atoms with Crippen molar-refractivity contribution in [3.05, 3.63) is 28.8 Å². The molecule has 0 radical (unpaired) electrons. The Morgan fingerprint density at radius 1 is 1.25 bits per heavy atom. The van der Waals surface area contributed by atoms with Crippen LogP contribution < -0.4 is 10.1 Å². The molecule has 0 aliphatic carbocycles. The lowest BCUT2D eigenvalue weighted by Gasteiger charge is -2.27. The Hall–Kier alpha value is -1.02. The number of ether oxygens (including phenoxy) is 1. The molecule has 1 heterocycles. The largest absolute Gasteiger partial charge is 0.496 e. The molecule has 2 nitrogen and oxygen atoms in total. The fourth-order valence-electron chi connectivity index (χ4n) is 2.52. The number of hydrogen-bond donors (Lipinski definition) is 1. The van der Waals surface area contributed by atoms with E-state index in [1.807, 2.05) is 0 Å². The summed E-state index contributed by atoms with van der Waals surface area (Å²) in [6.07, 6.45) is 3.83. The van der Waals surface area contributed by atoms with E-state index < -0.39 is 0 Å². The van der Waals surface area contributed by atoms with E-state index in [4.69, 9.17) is 4.74 Å². The molecule has 1 fully saturated rings. The molecule has 0 saturated carbocycles. The van der Waals surface area contributed by atoms with Crippen LogP contribution in [0.2, 0.25) is 0 Å². The van der Waals surface area contributed by atoms with Crippen LogP contribution >= 0.6 is 0 Å². The predicted octanol–water partition coefficient (Wildman–Crippen LogP) is 3.13. The molecule has 88 valence electrons. The van der Waals surface area contributed by atoms with Gasteiger partial charge in [0, 0.05) is 11.6 Å². The summed E-state index contributed by atoms with van der Waals surface area (Å²) in [5, 5.41) is 3.60. The van der Waals surface area contributed by atoms with Crippen LogP contribution in [0.25, 0.3) is 0 Å². The number of nitrogens with one attached hydrogen (secondary N) is 1. The highest BCUT2D eigenvalue weighted by Crippen LogP contribution is 2.34. The summed E-state index contributed by atoms with van der Waals surface area (Å²) in [6, 6.07) is 4.71. The fraction of sp³-hybridized carbons (Fsp3) is 0.571. The maximum atomic E-state index is 5.49. The molecule has 1 unspecified atom stereocenters. The van der Waals surface area contributed by atoms with Crippen LogP contribution in [0, 0.1) is 13.8 Å². The second-order valence-corrected chi connectivity index (χ2v) is 4.63. The van der Waals surface area contributed by atoms with Gasteiger partial charge in [-0.25, -0.2) is 0 Å². The lowest BCUT2D eigenvalue weighted by molar-refractivity contribution is 0.372. The standard InChI is InChI=1S/C14H21NO/c1-10-7-8-13(16-3)14(11(10)2)12-6-4-5-9-15-12/h7-8,12,15H,4-6,9H2,1-3H3. The van der Waals surface area contributed by atoms with Crippen LogP contribution in [-0.2, 0) is 0 Å². The number of methoxy groups -OCH3 is 1. The topological polar surface area (TPSA) is 21.3 Å². The molecule has 0 bridgehead atoms. The third kappa shape index (κ3) is 2.07. The van der Waals surface area contributed by atoms with Crippen molar-refractivity contribution in [2.45, 2.75) is 39.2 Å². The fourth-order valence-corrected chi connectivity index (χ4v) is 2.52. The minimum atomic E-state index is 0.476. The van der Waals surface area contributed by atoms with Gasteiger partial charge in [0.15, 0.2) is 0 Å². The molecule has 0 aromatic heterocycles. The first-order valence-corrected chi connectivity index (χ1v) is 6.11. The van der Waals surface area contributed by atoms with Crippen molar-refractivity contribution in [1.82, 2.24) is 5.32 Å². The van der Waals surface area contributed by atoms with Crippen LogP contribution in [0.5, 0.6) is 5.75 Å². The zero-order valence-electron chi connectivity index (χ0n) is 10.5. The van der Waals surface area contributed by atoms with Crippen molar-refractivity contribution in [2.75, 3.05) is 13.7 Å². The molecule has 2 heteroatoms. The summed E-state index contributed by atoms with van der Waals surface area (Å²) in [5.41, 5.74) is 4.09. The van der Waals surface area contributed by atoms with Crippen molar-refractivity contribution in [2.24, 2.45) is 0 Å². The second-order valence-electron chi connectivity index (χ2n) is 4.63. The summed E-state index contributed by atoms with van der Waals surface area (Å²) in [7, 11) is 1.76. The van der Waals surface area contributed by atoms with Crippen molar-refractivity contribution < 1.29 is 4.74 Å². The Labute approximate surface area is 98.0 Å². The van der Waals surface area contributed by atoms with E-state index >= 15 is 0 Å². The van der Waals surface area contributed by atoms with Gasteiger partial charge in [-0.3, -0.25) is 0 Å². The second kappa shape index (κ2) is 4.88. The zero-order chi connectivity index (χ0) is 11.5. The average molecular weight is 219 g/mol. The third-order valence-electron chi connectivity index (χ3n) is 3.62. The van der Waals surface area contributed by atoms with E-state index in [1.165, 1.54) is 36.0 Å². The van der Waals surface area contributed by atoms with Crippen molar-refractivity contribution in [3.8, 4) is 5.75 Å². The van der Waals surface area contributed by atoms with E-state index in [1.54, 1.807) is 7.11 Å². The van der Waals surface area contributed by atoms with Gasteiger partial charge < -0.3 is 10.1 Å². The lowest BCUT2D eigenvalue weighted by Crippen LogP contribution is -2.27. The van der Waals surface area contributed by atoms with Gasteiger partial charge in [-0.1, -0.05) is 12.5 Å². The lowest BCUT2D eigenvalue weighted by atomic mass is 9.91. The highest BCUT2D eigenvalue weighted by atomic mass is 16.5. The molecular formula is C14H21NO. The molecule has 1 N–H and O–H groups in total. The Kier molecular flexibility index (Phi) is 3.49. The maximum Gasteiger partial charge on any atom is 0.123 e. The number of piperidine rings is 1.